The first-order chi connectivity index (χ1) is 9.56. The molecule has 0 spiro atoms. The normalized spacial score (nSPS) is 13.5. The summed E-state index contributed by atoms with van der Waals surface area (Å²) in [5.41, 5.74) is 5.36. The second-order valence-corrected chi connectivity index (χ2v) is 5.93. The molecule has 2 aromatic rings. The van der Waals surface area contributed by atoms with Crippen LogP contribution < -0.4 is 0 Å². The van der Waals surface area contributed by atoms with Gasteiger partial charge in [-0.15, -0.1) is 0 Å². The molecule has 0 saturated carbocycles. The predicted octanol–water partition coefficient (Wildman–Crippen LogP) is 2.97. The molecule has 0 aliphatic heterocycles. The van der Waals surface area contributed by atoms with Crippen molar-refractivity contribution in [3.05, 3.63) is 39.5 Å². The molecule has 1 N–H and O–H groups in total. The minimum atomic E-state index is -0.853. The Bertz CT molecular complexity index is 691. The van der Waals surface area contributed by atoms with E-state index < -0.39 is 5.97 Å². The van der Waals surface area contributed by atoms with Crippen LogP contribution in [0.15, 0.2) is 22.7 Å². The number of fused-ring (bicyclic) bond motifs is 1. The van der Waals surface area contributed by atoms with E-state index in [-0.39, 0.29) is 6.42 Å². The third-order valence-electron chi connectivity index (χ3n) is 3.79. The third-order valence-corrected chi connectivity index (χ3v) is 4.63. The highest BCUT2D eigenvalue weighted by atomic mass is 79.9. The van der Waals surface area contributed by atoms with E-state index in [9.17, 15) is 4.79 Å². The number of aromatic nitrogens is 2. The molecule has 1 aliphatic rings. The molecule has 0 unspecified atom stereocenters. The third kappa shape index (κ3) is 2.26. The van der Waals surface area contributed by atoms with Gasteiger partial charge in [-0.05, 0) is 52.4 Å². The molecule has 0 saturated heterocycles. The van der Waals surface area contributed by atoms with E-state index in [0.29, 0.717) is 5.69 Å². The highest BCUT2D eigenvalue weighted by Gasteiger charge is 2.19. The number of nitrogens with zero attached hydrogens (tertiary/aromatic N) is 2. The highest BCUT2D eigenvalue weighted by Crippen LogP contribution is 2.33. The second-order valence-electron chi connectivity index (χ2n) is 5.14. The lowest BCUT2D eigenvalue weighted by Gasteiger charge is -2.03. The van der Waals surface area contributed by atoms with Gasteiger partial charge in [0.15, 0.2) is 0 Å². The second kappa shape index (κ2) is 5.05. The fraction of sp³-hybridized carbons (Fsp3) is 0.333. The predicted molar refractivity (Wildman–Crippen MR) is 79.7 cm³/mol. The number of hydrogen-bond acceptors (Lipinski definition) is 2. The van der Waals surface area contributed by atoms with Crippen molar-refractivity contribution in [1.29, 1.82) is 0 Å². The van der Waals surface area contributed by atoms with Crippen molar-refractivity contribution >= 4 is 21.9 Å². The van der Waals surface area contributed by atoms with Gasteiger partial charge >= 0.3 is 5.97 Å². The molecule has 0 radical (unpaired) electrons. The molecule has 4 nitrogen and oxygen atoms in total. The van der Waals surface area contributed by atoms with E-state index in [1.54, 1.807) is 11.7 Å². The van der Waals surface area contributed by atoms with E-state index in [4.69, 9.17) is 5.11 Å². The number of aliphatic carboxylic acids is 1. The van der Waals surface area contributed by atoms with E-state index in [1.165, 1.54) is 17.5 Å². The van der Waals surface area contributed by atoms with Gasteiger partial charge in [-0.3, -0.25) is 9.48 Å². The Kier molecular flexibility index (Phi) is 3.38. The summed E-state index contributed by atoms with van der Waals surface area (Å²) in [6.45, 7) is 0. The standard InChI is InChI=1S/C15H15BrN2O2/c1-18-12(8-13(19)20)14(16)15(17-18)11-6-5-9-3-2-4-10(9)7-11/h5-7H,2-4,8H2,1H3,(H,19,20). The highest BCUT2D eigenvalue weighted by molar-refractivity contribution is 9.10. The average Bonchev–Trinajstić information content (AvgIpc) is 2.97. The summed E-state index contributed by atoms with van der Waals surface area (Å²) in [4.78, 5) is 10.9. The summed E-state index contributed by atoms with van der Waals surface area (Å²) >= 11 is 3.50. The van der Waals surface area contributed by atoms with Crippen LogP contribution in [0, 0.1) is 0 Å². The van der Waals surface area contributed by atoms with E-state index >= 15 is 0 Å². The Hall–Kier alpha value is -1.62. The van der Waals surface area contributed by atoms with Gasteiger partial charge in [0.2, 0.25) is 0 Å². The van der Waals surface area contributed by atoms with Gasteiger partial charge in [0.25, 0.3) is 0 Å². The van der Waals surface area contributed by atoms with Gasteiger partial charge < -0.3 is 5.11 Å². The molecule has 0 fully saturated rings. The minimum Gasteiger partial charge on any atom is -0.481 e. The Morgan fingerprint density at radius 1 is 1.40 bits per heavy atom. The van der Waals surface area contributed by atoms with Crippen molar-refractivity contribution in [2.75, 3.05) is 0 Å². The van der Waals surface area contributed by atoms with Crippen LogP contribution in [0.3, 0.4) is 0 Å². The van der Waals surface area contributed by atoms with Gasteiger partial charge in [0, 0.05) is 12.6 Å². The topological polar surface area (TPSA) is 55.1 Å². The molecule has 1 aromatic heterocycles. The van der Waals surface area contributed by atoms with Crippen LogP contribution in [-0.4, -0.2) is 20.9 Å². The molecule has 5 heteroatoms. The number of benzene rings is 1. The molecule has 3 rings (SSSR count). The number of carboxylic acid groups (broad SMARTS) is 1. The van der Waals surface area contributed by atoms with Crippen molar-refractivity contribution < 1.29 is 9.90 Å². The Morgan fingerprint density at radius 3 is 2.90 bits per heavy atom. The molecule has 20 heavy (non-hydrogen) atoms. The lowest BCUT2D eigenvalue weighted by Crippen LogP contribution is -2.06. The zero-order chi connectivity index (χ0) is 14.3. The van der Waals surface area contributed by atoms with Gasteiger partial charge in [-0.1, -0.05) is 12.1 Å². The molecule has 0 atom stereocenters. The van der Waals surface area contributed by atoms with Gasteiger partial charge in [-0.25, -0.2) is 0 Å². The fourth-order valence-corrected chi connectivity index (χ4v) is 3.48. The summed E-state index contributed by atoms with van der Waals surface area (Å²) in [7, 11) is 1.78. The van der Waals surface area contributed by atoms with Gasteiger partial charge in [-0.2, -0.15) is 5.10 Å². The van der Waals surface area contributed by atoms with E-state index in [2.05, 4.69) is 39.2 Å². The fourth-order valence-electron chi connectivity index (χ4n) is 2.77. The van der Waals surface area contributed by atoms with Crippen LogP contribution in [0.5, 0.6) is 0 Å². The summed E-state index contributed by atoms with van der Waals surface area (Å²) in [5.74, 6) is -0.853. The number of aryl methyl sites for hydroxylation is 3. The van der Waals surface area contributed by atoms with Gasteiger partial charge in [0.1, 0.15) is 5.69 Å². The van der Waals surface area contributed by atoms with Crippen molar-refractivity contribution in [2.24, 2.45) is 7.05 Å². The minimum absolute atomic E-state index is 0.0327. The van der Waals surface area contributed by atoms with E-state index in [0.717, 1.165) is 28.6 Å². The summed E-state index contributed by atoms with van der Waals surface area (Å²) in [5, 5.41) is 13.4. The summed E-state index contributed by atoms with van der Waals surface area (Å²) < 4.78 is 2.42. The zero-order valence-electron chi connectivity index (χ0n) is 11.2. The quantitative estimate of drug-likeness (QED) is 0.938. The Labute approximate surface area is 125 Å². The molecule has 1 heterocycles. The smallest absolute Gasteiger partial charge is 0.309 e. The maximum atomic E-state index is 10.9. The van der Waals surface area contributed by atoms with Crippen molar-refractivity contribution in [2.45, 2.75) is 25.7 Å². The number of carboxylic acids is 1. The Morgan fingerprint density at radius 2 is 2.15 bits per heavy atom. The first-order valence-corrected chi connectivity index (χ1v) is 7.41. The average molecular weight is 335 g/mol. The molecule has 104 valence electrons. The summed E-state index contributed by atoms with van der Waals surface area (Å²) in [6.07, 6.45) is 3.46. The van der Waals surface area contributed by atoms with Gasteiger partial charge in [0.05, 0.1) is 16.6 Å². The van der Waals surface area contributed by atoms with E-state index in [1.807, 2.05) is 0 Å². The summed E-state index contributed by atoms with van der Waals surface area (Å²) in [6, 6.07) is 6.41. The van der Waals surface area contributed by atoms with Crippen molar-refractivity contribution in [3.8, 4) is 11.3 Å². The number of carbonyl (C=O) groups is 1. The lowest BCUT2D eigenvalue weighted by molar-refractivity contribution is -0.136. The molecule has 0 amide bonds. The zero-order valence-corrected chi connectivity index (χ0v) is 12.8. The van der Waals surface area contributed by atoms with Crippen molar-refractivity contribution in [3.63, 3.8) is 0 Å². The molecule has 1 aliphatic carbocycles. The van der Waals surface area contributed by atoms with Crippen LogP contribution in [0.25, 0.3) is 11.3 Å². The number of hydrogen-bond donors (Lipinski definition) is 1. The number of halogens is 1. The molecule has 1 aromatic carbocycles. The van der Waals surface area contributed by atoms with Crippen molar-refractivity contribution in [1.82, 2.24) is 9.78 Å². The molecular weight excluding hydrogens is 320 g/mol. The first kappa shape index (κ1) is 13.4. The number of rotatable bonds is 3. The maximum Gasteiger partial charge on any atom is 0.309 e. The lowest BCUT2D eigenvalue weighted by atomic mass is 10.0. The molecular formula is C15H15BrN2O2. The van der Waals surface area contributed by atoms with Crippen LogP contribution in [0.2, 0.25) is 0 Å². The SMILES string of the molecule is Cn1nc(-c2ccc3c(c2)CCC3)c(Br)c1CC(=O)O. The van der Waals surface area contributed by atoms with Crippen LogP contribution in [0.1, 0.15) is 23.2 Å². The maximum absolute atomic E-state index is 10.9. The first-order valence-electron chi connectivity index (χ1n) is 6.61. The van der Waals surface area contributed by atoms with Crippen LogP contribution >= 0.6 is 15.9 Å². The van der Waals surface area contributed by atoms with Crippen LogP contribution in [0.4, 0.5) is 0 Å². The monoisotopic (exact) mass is 334 g/mol. The Balaban J connectivity index is 2.04. The largest absolute Gasteiger partial charge is 0.481 e. The molecule has 0 bridgehead atoms. The van der Waals surface area contributed by atoms with Crippen LogP contribution in [-0.2, 0) is 31.1 Å².